The van der Waals surface area contributed by atoms with Crippen molar-refractivity contribution in [3.63, 3.8) is 0 Å². The largest absolute Gasteiger partial charge is 0.469 e. The second-order valence-electron chi connectivity index (χ2n) is 11.3. The molecule has 0 aliphatic carbocycles. The van der Waals surface area contributed by atoms with Gasteiger partial charge in [-0.05, 0) is 67.3 Å². The number of fused-ring (bicyclic) bond motifs is 2. The first kappa shape index (κ1) is 27.7. The van der Waals surface area contributed by atoms with E-state index in [-0.39, 0.29) is 29.5 Å². The number of benzene rings is 2. The summed E-state index contributed by atoms with van der Waals surface area (Å²) in [6, 6.07) is 22.0. The zero-order valence-corrected chi connectivity index (χ0v) is 24.5. The normalized spacial score (nSPS) is 18.0. The van der Waals surface area contributed by atoms with Crippen LogP contribution in [-0.4, -0.2) is 63.1 Å². The topological polar surface area (TPSA) is 92.9 Å². The summed E-state index contributed by atoms with van der Waals surface area (Å²) in [4.78, 5) is 39.0. The molecule has 9 nitrogen and oxygen atoms in total. The van der Waals surface area contributed by atoms with Crippen molar-refractivity contribution in [2.24, 2.45) is 5.92 Å². The number of methoxy groups -OCH3 is 1. The Hall–Kier alpha value is -5.12. The van der Waals surface area contributed by atoms with E-state index in [1.54, 1.807) is 28.9 Å². The molecule has 0 bridgehead atoms. The molecule has 1 fully saturated rings. The molecule has 0 unspecified atom stereocenters. The molecule has 0 spiro atoms. The van der Waals surface area contributed by atoms with Gasteiger partial charge in [0, 0.05) is 43.1 Å². The second kappa shape index (κ2) is 11.2. The van der Waals surface area contributed by atoms with Gasteiger partial charge in [-0.3, -0.25) is 14.6 Å². The van der Waals surface area contributed by atoms with Gasteiger partial charge in [-0.2, -0.15) is 5.10 Å². The molecule has 1 amide bonds. The Morgan fingerprint density at radius 1 is 0.977 bits per heavy atom. The summed E-state index contributed by atoms with van der Waals surface area (Å²) in [5.41, 5.74) is 5.67. The number of hydrogen-bond donors (Lipinski definition) is 0. The van der Waals surface area contributed by atoms with Crippen LogP contribution in [0.2, 0.25) is 0 Å². The third kappa shape index (κ3) is 4.86. The van der Waals surface area contributed by atoms with E-state index >= 15 is 4.39 Å². The summed E-state index contributed by atoms with van der Waals surface area (Å²) in [6.45, 7) is 3.74. The van der Waals surface area contributed by atoms with Gasteiger partial charge in [-0.25, -0.2) is 13.9 Å². The molecular formula is C34H31FN6O3. The van der Waals surface area contributed by atoms with Crippen molar-refractivity contribution >= 4 is 23.2 Å². The number of carbonyl (C=O) groups is 2. The molecule has 0 radical (unpaired) electrons. The molecule has 5 aromatic rings. The van der Waals surface area contributed by atoms with Gasteiger partial charge in [0.25, 0.3) is 5.91 Å². The van der Waals surface area contributed by atoms with Gasteiger partial charge in [0.05, 0.1) is 36.2 Å². The summed E-state index contributed by atoms with van der Waals surface area (Å²) in [5, 5.41) is 4.73. The maximum Gasteiger partial charge on any atom is 0.310 e. The second-order valence-corrected chi connectivity index (χ2v) is 11.3. The van der Waals surface area contributed by atoms with Gasteiger partial charge in [-0.15, -0.1) is 0 Å². The number of aromatic nitrogens is 4. The summed E-state index contributed by atoms with van der Waals surface area (Å²) in [6.07, 6.45) is 3.11. The summed E-state index contributed by atoms with van der Waals surface area (Å²) in [7, 11) is 1.38. The Balaban J connectivity index is 1.25. The minimum Gasteiger partial charge on any atom is -0.469 e. The van der Waals surface area contributed by atoms with Crippen LogP contribution in [-0.2, 0) is 16.0 Å². The molecule has 2 atom stereocenters. The summed E-state index contributed by atoms with van der Waals surface area (Å²) >= 11 is 0. The molecule has 10 heteroatoms. The minimum atomic E-state index is -0.441. The van der Waals surface area contributed by atoms with E-state index in [2.05, 4.69) is 17.1 Å². The number of halogens is 1. The van der Waals surface area contributed by atoms with Crippen molar-refractivity contribution < 1.29 is 18.7 Å². The molecule has 2 aromatic carbocycles. The highest BCUT2D eigenvalue weighted by molar-refractivity contribution is 5.94. The fourth-order valence-corrected chi connectivity index (χ4v) is 6.37. The predicted octanol–water partition coefficient (Wildman–Crippen LogP) is 5.36. The molecule has 1 saturated heterocycles. The molecule has 0 saturated carbocycles. The average molecular weight is 591 g/mol. The fourth-order valence-electron chi connectivity index (χ4n) is 6.37. The van der Waals surface area contributed by atoms with Crippen LogP contribution in [0.3, 0.4) is 0 Å². The Labute approximate surface area is 253 Å². The van der Waals surface area contributed by atoms with E-state index in [9.17, 15) is 9.59 Å². The van der Waals surface area contributed by atoms with Gasteiger partial charge < -0.3 is 14.5 Å². The number of esters is 1. The van der Waals surface area contributed by atoms with E-state index in [4.69, 9.17) is 14.8 Å². The van der Waals surface area contributed by atoms with Crippen LogP contribution in [0.25, 0.3) is 28.3 Å². The number of anilines is 1. The third-order valence-electron chi connectivity index (χ3n) is 8.75. The van der Waals surface area contributed by atoms with Crippen molar-refractivity contribution in [1.29, 1.82) is 0 Å². The monoisotopic (exact) mass is 590 g/mol. The lowest BCUT2D eigenvalue weighted by atomic mass is 9.93. The molecule has 44 heavy (non-hydrogen) atoms. The SMILES string of the molecule is COC(=O)[C@H]1CCN(c2ccc(-c3cc4nc(C(=O)N5CCc6ccccc6[C@H]5C)cc(-c5ccccn5)n4n3)c(F)c2)C1. The Bertz CT molecular complexity index is 1890. The molecule has 5 heterocycles. The van der Waals surface area contributed by atoms with Crippen molar-refractivity contribution in [3.05, 3.63) is 102 Å². The number of rotatable bonds is 5. The minimum absolute atomic E-state index is 0.102. The van der Waals surface area contributed by atoms with Gasteiger partial charge in [0.1, 0.15) is 11.5 Å². The lowest BCUT2D eigenvalue weighted by Crippen LogP contribution is -2.39. The van der Waals surface area contributed by atoms with E-state index < -0.39 is 5.82 Å². The standard InChI is InChI=1S/C34H31FN6O3/c1-21-25-8-4-3-7-22(25)13-16-40(21)33(42)30-18-31(28-9-5-6-14-36-28)41-32(37-30)19-29(38-41)26-11-10-24(17-27(26)35)39-15-12-23(20-39)34(43)44-2/h3-11,14,17-19,21,23H,12-13,15-16,20H2,1-2H3/t21-,23+/m1/s1. The third-order valence-corrected chi connectivity index (χ3v) is 8.75. The van der Waals surface area contributed by atoms with Crippen molar-refractivity contribution in [1.82, 2.24) is 24.5 Å². The van der Waals surface area contributed by atoms with Gasteiger partial charge in [0.15, 0.2) is 5.65 Å². The molecular weight excluding hydrogens is 559 g/mol. The molecule has 222 valence electrons. The zero-order chi connectivity index (χ0) is 30.4. The predicted molar refractivity (Wildman–Crippen MR) is 164 cm³/mol. The number of pyridine rings is 1. The van der Waals surface area contributed by atoms with Crippen molar-refractivity contribution in [2.75, 3.05) is 31.6 Å². The van der Waals surface area contributed by atoms with E-state index in [1.807, 2.05) is 53.1 Å². The number of nitrogens with zero attached hydrogens (tertiary/aromatic N) is 6. The van der Waals surface area contributed by atoms with E-state index in [0.29, 0.717) is 60.0 Å². The molecule has 7 rings (SSSR count). The van der Waals surface area contributed by atoms with E-state index in [1.165, 1.54) is 18.7 Å². The maximum absolute atomic E-state index is 15.6. The number of ether oxygens (including phenoxy) is 1. The Kier molecular flexibility index (Phi) is 7.04. The van der Waals surface area contributed by atoms with Gasteiger partial charge in [-0.1, -0.05) is 30.3 Å². The highest BCUT2D eigenvalue weighted by atomic mass is 19.1. The van der Waals surface area contributed by atoms with Gasteiger partial charge >= 0.3 is 5.97 Å². The number of hydrogen-bond acceptors (Lipinski definition) is 7. The zero-order valence-electron chi connectivity index (χ0n) is 24.5. The fraction of sp³-hybridized carbons (Fsp3) is 0.265. The van der Waals surface area contributed by atoms with Gasteiger partial charge in [0.2, 0.25) is 0 Å². The number of carbonyl (C=O) groups excluding carboxylic acids is 2. The van der Waals surface area contributed by atoms with Crippen LogP contribution >= 0.6 is 0 Å². The van der Waals surface area contributed by atoms with Crippen LogP contribution in [0.15, 0.2) is 79.0 Å². The lowest BCUT2D eigenvalue weighted by molar-refractivity contribution is -0.144. The number of amides is 1. The van der Waals surface area contributed by atoms with Crippen LogP contribution in [0.1, 0.15) is 41.0 Å². The highest BCUT2D eigenvalue weighted by Gasteiger charge is 2.31. The summed E-state index contributed by atoms with van der Waals surface area (Å²) < 4.78 is 22.1. The Morgan fingerprint density at radius 3 is 2.61 bits per heavy atom. The van der Waals surface area contributed by atoms with E-state index in [0.717, 1.165) is 12.0 Å². The Morgan fingerprint density at radius 2 is 1.82 bits per heavy atom. The summed E-state index contributed by atoms with van der Waals surface area (Å²) in [5.74, 6) is -1.09. The highest BCUT2D eigenvalue weighted by Crippen LogP contribution is 2.33. The quantitative estimate of drug-likeness (QED) is 0.255. The first-order valence-electron chi connectivity index (χ1n) is 14.7. The molecule has 3 aromatic heterocycles. The lowest BCUT2D eigenvalue weighted by Gasteiger charge is -2.35. The maximum atomic E-state index is 15.6. The van der Waals surface area contributed by atoms with Crippen molar-refractivity contribution in [2.45, 2.75) is 25.8 Å². The average Bonchev–Trinajstić information content (AvgIpc) is 3.72. The van der Waals surface area contributed by atoms with Crippen molar-refractivity contribution in [3.8, 4) is 22.6 Å². The van der Waals surface area contributed by atoms with Crippen LogP contribution in [0.4, 0.5) is 10.1 Å². The molecule has 2 aliphatic rings. The molecule has 2 aliphatic heterocycles. The first-order valence-corrected chi connectivity index (χ1v) is 14.7. The molecule has 0 N–H and O–H groups in total. The van der Waals surface area contributed by atoms with Crippen LogP contribution in [0, 0.1) is 11.7 Å². The van der Waals surface area contributed by atoms with Crippen LogP contribution < -0.4 is 4.90 Å². The van der Waals surface area contributed by atoms with Crippen LogP contribution in [0.5, 0.6) is 0 Å². The first-order chi connectivity index (χ1) is 21.4. The smallest absolute Gasteiger partial charge is 0.310 e.